The zero-order chi connectivity index (χ0) is 16.2. The van der Waals surface area contributed by atoms with Gasteiger partial charge in [0.25, 0.3) is 0 Å². The molecule has 1 N–H and O–H groups in total. The number of rotatable bonds is 6. The molecule has 22 heavy (non-hydrogen) atoms. The number of sulfone groups is 1. The molecule has 1 aromatic heterocycles. The van der Waals surface area contributed by atoms with Gasteiger partial charge >= 0.3 is 0 Å². The van der Waals surface area contributed by atoms with E-state index >= 15 is 0 Å². The third-order valence-electron chi connectivity index (χ3n) is 2.88. The Bertz CT molecular complexity index is 738. The van der Waals surface area contributed by atoms with Crippen molar-refractivity contribution >= 4 is 27.1 Å². The summed E-state index contributed by atoms with van der Waals surface area (Å²) < 4.78 is 50.6. The summed E-state index contributed by atoms with van der Waals surface area (Å²) in [5.74, 6) is -2.78. The fraction of sp³-hybridized carbons (Fsp3) is 0.214. The van der Waals surface area contributed by atoms with Crippen molar-refractivity contribution in [3.05, 3.63) is 52.9 Å². The molecule has 2 rings (SSSR count). The van der Waals surface area contributed by atoms with E-state index in [2.05, 4.69) is 5.32 Å². The van der Waals surface area contributed by atoms with Crippen LogP contribution in [0.2, 0.25) is 0 Å². The molecule has 0 saturated heterocycles. The Morgan fingerprint density at radius 2 is 1.82 bits per heavy atom. The summed E-state index contributed by atoms with van der Waals surface area (Å²) in [5.41, 5.74) is -0.135. The van der Waals surface area contributed by atoms with Crippen LogP contribution in [-0.4, -0.2) is 26.6 Å². The first-order valence-electron chi connectivity index (χ1n) is 6.36. The van der Waals surface area contributed by atoms with Crippen LogP contribution in [0.5, 0.6) is 0 Å². The molecule has 0 unspecified atom stereocenters. The number of nitrogens with one attached hydrogen (secondary N) is 1. The van der Waals surface area contributed by atoms with Gasteiger partial charge in [-0.25, -0.2) is 17.2 Å². The average molecular weight is 345 g/mol. The molecule has 0 radical (unpaired) electrons. The Labute approximate surface area is 130 Å². The van der Waals surface area contributed by atoms with Gasteiger partial charge in [0.2, 0.25) is 5.91 Å². The summed E-state index contributed by atoms with van der Waals surface area (Å²) in [5, 5.41) is 3.96. The fourth-order valence-corrected chi connectivity index (χ4v) is 4.09. The predicted molar refractivity (Wildman–Crippen MR) is 79.4 cm³/mol. The lowest BCUT2D eigenvalue weighted by Gasteiger charge is -2.07. The van der Waals surface area contributed by atoms with Gasteiger partial charge in [0.1, 0.15) is 21.6 Å². The van der Waals surface area contributed by atoms with E-state index < -0.39 is 33.1 Å². The fourth-order valence-electron chi connectivity index (χ4n) is 1.83. The number of thiophene rings is 1. The van der Waals surface area contributed by atoms with Crippen molar-refractivity contribution in [3.63, 3.8) is 0 Å². The Morgan fingerprint density at radius 3 is 2.41 bits per heavy atom. The summed E-state index contributed by atoms with van der Waals surface area (Å²) in [4.78, 5) is 11.6. The Morgan fingerprint density at radius 1 is 1.14 bits per heavy atom. The number of halogens is 2. The molecule has 2 aromatic rings. The lowest BCUT2D eigenvalue weighted by Crippen LogP contribution is -2.31. The highest BCUT2D eigenvalue weighted by atomic mass is 32.2. The van der Waals surface area contributed by atoms with E-state index in [0.29, 0.717) is 0 Å². The van der Waals surface area contributed by atoms with Gasteiger partial charge in [0, 0.05) is 12.1 Å². The topological polar surface area (TPSA) is 63.2 Å². The third kappa shape index (κ3) is 4.11. The summed E-state index contributed by atoms with van der Waals surface area (Å²) in [6, 6.07) is 6.50. The van der Waals surface area contributed by atoms with Crippen LogP contribution in [0.15, 0.2) is 39.9 Å². The van der Waals surface area contributed by atoms with Gasteiger partial charge in [-0.3, -0.25) is 4.79 Å². The lowest BCUT2D eigenvalue weighted by atomic mass is 10.1. The summed E-state index contributed by atoms with van der Waals surface area (Å²) >= 11 is 1.03. The van der Waals surface area contributed by atoms with Crippen molar-refractivity contribution in [1.29, 1.82) is 0 Å². The molecule has 0 aliphatic rings. The Balaban J connectivity index is 1.89. The molecule has 118 valence electrons. The van der Waals surface area contributed by atoms with Crippen molar-refractivity contribution in [2.45, 2.75) is 10.6 Å². The van der Waals surface area contributed by atoms with Gasteiger partial charge in [-0.1, -0.05) is 12.1 Å². The van der Waals surface area contributed by atoms with Crippen LogP contribution in [-0.2, 0) is 21.1 Å². The second-order valence-corrected chi connectivity index (χ2v) is 7.66. The molecule has 0 aliphatic heterocycles. The molecule has 0 spiro atoms. The monoisotopic (exact) mass is 345 g/mol. The first kappa shape index (κ1) is 16.6. The molecular formula is C14H13F2NO3S2. The lowest BCUT2D eigenvalue weighted by molar-refractivity contribution is -0.118. The summed E-state index contributed by atoms with van der Waals surface area (Å²) in [6.07, 6.45) is -0.0523. The maximum Gasteiger partial charge on any atom is 0.235 e. The zero-order valence-electron chi connectivity index (χ0n) is 11.4. The van der Waals surface area contributed by atoms with Crippen LogP contribution in [0.3, 0.4) is 0 Å². The molecule has 1 heterocycles. The SMILES string of the molecule is O=C(CS(=O)(=O)c1cccs1)NCCc1c(F)cccc1F. The standard InChI is InChI=1S/C14H13F2NO3S2/c15-11-3-1-4-12(16)10(11)6-7-17-13(18)9-22(19,20)14-5-2-8-21-14/h1-5,8H,6-7,9H2,(H,17,18). The van der Waals surface area contributed by atoms with E-state index in [4.69, 9.17) is 0 Å². The molecule has 0 bridgehead atoms. The van der Waals surface area contributed by atoms with Crippen molar-refractivity contribution in [3.8, 4) is 0 Å². The van der Waals surface area contributed by atoms with Crippen LogP contribution in [0.1, 0.15) is 5.56 Å². The number of amides is 1. The van der Waals surface area contributed by atoms with Crippen LogP contribution < -0.4 is 5.32 Å². The summed E-state index contributed by atoms with van der Waals surface area (Å²) in [6.45, 7) is -0.0450. The van der Waals surface area contributed by atoms with Gasteiger partial charge in [-0.2, -0.15) is 0 Å². The number of hydrogen-bond acceptors (Lipinski definition) is 4. The van der Waals surface area contributed by atoms with Crippen molar-refractivity contribution < 1.29 is 22.0 Å². The smallest absolute Gasteiger partial charge is 0.235 e. The van der Waals surface area contributed by atoms with Gasteiger partial charge in [-0.05, 0) is 30.0 Å². The number of carbonyl (C=O) groups excluding carboxylic acids is 1. The van der Waals surface area contributed by atoms with Gasteiger partial charge in [0.05, 0.1) is 0 Å². The highest BCUT2D eigenvalue weighted by molar-refractivity contribution is 7.94. The minimum absolute atomic E-state index is 0.0450. The van der Waals surface area contributed by atoms with E-state index in [9.17, 15) is 22.0 Å². The maximum atomic E-state index is 13.4. The Hall–Kier alpha value is -1.80. The minimum atomic E-state index is -3.67. The van der Waals surface area contributed by atoms with Crippen LogP contribution >= 0.6 is 11.3 Å². The average Bonchev–Trinajstić information content (AvgIpc) is 2.96. The Kier molecular flexibility index (Phi) is 5.25. The second-order valence-electron chi connectivity index (χ2n) is 4.49. The highest BCUT2D eigenvalue weighted by Crippen LogP contribution is 2.17. The zero-order valence-corrected chi connectivity index (χ0v) is 13.0. The number of benzene rings is 1. The molecule has 0 aliphatic carbocycles. The first-order chi connectivity index (χ1) is 10.4. The van der Waals surface area contributed by atoms with Gasteiger partial charge in [0.15, 0.2) is 9.84 Å². The van der Waals surface area contributed by atoms with E-state index in [1.165, 1.54) is 12.1 Å². The molecule has 1 amide bonds. The largest absolute Gasteiger partial charge is 0.355 e. The highest BCUT2D eigenvalue weighted by Gasteiger charge is 2.20. The van der Waals surface area contributed by atoms with Crippen LogP contribution in [0.4, 0.5) is 8.78 Å². The molecule has 0 atom stereocenters. The molecule has 1 aromatic carbocycles. The van der Waals surface area contributed by atoms with E-state index in [0.717, 1.165) is 23.5 Å². The maximum absolute atomic E-state index is 13.4. The molecule has 0 fully saturated rings. The van der Waals surface area contributed by atoms with Crippen molar-refractivity contribution in [1.82, 2.24) is 5.32 Å². The minimum Gasteiger partial charge on any atom is -0.355 e. The van der Waals surface area contributed by atoms with Crippen molar-refractivity contribution in [2.24, 2.45) is 0 Å². The third-order valence-corrected chi connectivity index (χ3v) is 5.99. The molecular weight excluding hydrogens is 332 g/mol. The van der Waals surface area contributed by atoms with Crippen molar-refractivity contribution in [2.75, 3.05) is 12.3 Å². The predicted octanol–water partition coefficient (Wildman–Crippen LogP) is 2.16. The number of hydrogen-bond donors (Lipinski definition) is 1. The second kappa shape index (κ2) is 6.97. The normalized spacial score (nSPS) is 11.4. The quantitative estimate of drug-likeness (QED) is 0.873. The van der Waals surface area contributed by atoms with E-state index in [-0.39, 0.29) is 22.7 Å². The summed E-state index contributed by atoms with van der Waals surface area (Å²) in [7, 11) is -3.67. The van der Waals surface area contributed by atoms with Crippen LogP contribution in [0, 0.1) is 11.6 Å². The van der Waals surface area contributed by atoms with E-state index in [1.807, 2.05) is 0 Å². The first-order valence-corrected chi connectivity index (χ1v) is 8.89. The number of carbonyl (C=O) groups is 1. The van der Waals surface area contributed by atoms with Gasteiger partial charge in [-0.15, -0.1) is 11.3 Å². The molecule has 0 saturated carbocycles. The molecule has 4 nitrogen and oxygen atoms in total. The van der Waals surface area contributed by atoms with Gasteiger partial charge < -0.3 is 5.32 Å². The van der Waals surface area contributed by atoms with Crippen LogP contribution in [0.25, 0.3) is 0 Å². The molecule has 8 heteroatoms. The van der Waals surface area contributed by atoms with E-state index in [1.54, 1.807) is 11.4 Å².